The third-order valence-electron chi connectivity index (χ3n) is 6.88. The highest BCUT2D eigenvalue weighted by Gasteiger charge is 2.32. The Balaban J connectivity index is 1.69. The average molecular weight is 562 g/mol. The van der Waals surface area contributed by atoms with E-state index in [1.54, 1.807) is 32.4 Å². The minimum atomic E-state index is -0.981. The number of benzene rings is 3. The van der Waals surface area contributed by atoms with Gasteiger partial charge in [0.25, 0.3) is 0 Å². The van der Waals surface area contributed by atoms with Crippen LogP contribution in [-0.2, 0) is 22.6 Å². The van der Waals surface area contributed by atoms with Gasteiger partial charge in [-0.3, -0.25) is 9.59 Å². The number of rotatable bonds is 13. The summed E-state index contributed by atoms with van der Waals surface area (Å²) in [5.41, 5.74) is 2.78. The molecule has 0 radical (unpaired) electrons. The van der Waals surface area contributed by atoms with Crippen molar-refractivity contribution in [2.75, 3.05) is 27.3 Å². The second-order valence-electron chi connectivity index (χ2n) is 10.2. The second-order valence-corrected chi connectivity index (χ2v) is 10.2. The Morgan fingerprint density at radius 3 is 2.44 bits per heavy atom. The van der Waals surface area contributed by atoms with Crippen LogP contribution in [0.25, 0.3) is 11.0 Å². The fourth-order valence-electron chi connectivity index (χ4n) is 4.64. The fourth-order valence-corrected chi connectivity index (χ4v) is 4.64. The standard InChI is InChI=1S/C31H36FN5O4/c1-21(2)15-17-33-31(39)30(23-10-12-24(32)13-11-23)36(18-16-22-9-14-27(40-3)28(19-22)41-4)29(38)20-37-26-8-6-5-7-25(26)34-35-37/h5-14,19,21,30H,15-18,20H2,1-4H3,(H,33,39). The van der Waals surface area contributed by atoms with Crippen LogP contribution in [0.15, 0.2) is 66.7 Å². The molecule has 1 aromatic heterocycles. The maximum Gasteiger partial charge on any atom is 0.247 e. The van der Waals surface area contributed by atoms with Crippen LogP contribution in [0, 0.1) is 11.7 Å². The maximum absolute atomic E-state index is 14.0. The molecular weight excluding hydrogens is 525 g/mol. The third kappa shape index (κ3) is 7.39. The lowest BCUT2D eigenvalue weighted by Gasteiger charge is -2.32. The van der Waals surface area contributed by atoms with Crippen LogP contribution >= 0.6 is 0 Å². The minimum absolute atomic E-state index is 0.122. The Bertz CT molecular complexity index is 1470. The number of hydrogen-bond donors (Lipinski definition) is 1. The highest BCUT2D eigenvalue weighted by Crippen LogP contribution is 2.29. The van der Waals surface area contributed by atoms with Gasteiger partial charge in [-0.2, -0.15) is 0 Å². The van der Waals surface area contributed by atoms with Crippen molar-refractivity contribution in [2.24, 2.45) is 5.92 Å². The van der Waals surface area contributed by atoms with Crippen LogP contribution < -0.4 is 14.8 Å². The van der Waals surface area contributed by atoms with Gasteiger partial charge in [-0.25, -0.2) is 9.07 Å². The lowest BCUT2D eigenvalue weighted by atomic mass is 10.0. The molecule has 0 aliphatic carbocycles. The SMILES string of the molecule is COc1ccc(CCN(C(=O)Cn2nnc3ccccc32)C(C(=O)NCCC(C)C)c2ccc(F)cc2)cc1OC. The van der Waals surface area contributed by atoms with E-state index in [4.69, 9.17) is 9.47 Å². The highest BCUT2D eigenvalue weighted by atomic mass is 19.1. The van der Waals surface area contributed by atoms with E-state index in [1.807, 2.05) is 36.4 Å². The average Bonchev–Trinajstić information content (AvgIpc) is 3.38. The molecule has 1 heterocycles. The molecule has 3 aromatic carbocycles. The summed E-state index contributed by atoms with van der Waals surface area (Å²) >= 11 is 0. The number of carbonyl (C=O) groups is 2. The molecule has 0 spiro atoms. The van der Waals surface area contributed by atoms with E-state index in [1.165, 1.54) is 21.7 Å². The number of nitrogens with one attached hydrogen (secondary N) is 1. The summed E-state index contributed by atoms with van der Waals surface area (Å²) in [4.78, 5) is 29.2. The summed E-state index contributed by atoms with van der Waals surface area (Å²) in [5.74, 6) is 0.471. The lowest BCUT2D eigenvalue weighted by molar-refractivity contribution is -0.141. The fraction of sp³-hybridized carbons (Fsp3) is 0.355. The van der Waals surface area contributed by atoms with Gasteiger partial charge in [0.2, 0.25) is 11.8 Å². The Morgan fingerprint density at radius 1 is 1.00 bits per heavy atom. The minimum Gasteiger partial charge on any atom is -0.493 e. The molecule has 1 atom stereocenters. The molecule has 1 N–H and O–H groups in total. The first-order valence-corrected chi connectivity index (χ1v) is 13.6. The number of ether oxygens (including phenoxy) is 2. The number of methoxy groups -OCH3 is 2. The smallest absolute Gasteiger partial charge is 0.247 e. The number of nitrogens with zero attached hydrogens (tertiary/aromatic N) is 4. The molecule has 41 heavy (non-hydrogen) atoms. The first-order valence-electron chi connectivity index (χ1n) is 13.6. The Kier molecular flexibility index (Phi) is 9.89. The van der Waals surface area contributed by atoms with Crippen LogP contribution in [-0.4, -0.2) is 59.0 Å². The van der Waals surface area contributed by atoms with Crippen molar-refractivity contribution in [3.05, 3.63) is 83.7 Å². The topological polar surface area (TPSA) is 98.6 Å². The summed E-state index contributed by atoms with van der Waals surface area (Å²) in [5, 5.41) is 11.3. The van der Waals surface area contributed by atoms with Crippen LogP contribution in [0.2, 0.25) is 0 Å². The van der Waals surface area contributed by atoms with Crippen molar-refractivity contribution in [1.29, 1.82) is 0 Å². The molecule has 0 saturated carbocycles. The first kappa shape index (κ1) is 29.5. The zero-order chi connectivity index (χ0) is 29.4. The molecular formula is C31H36FN5O4. The van der Waals surface area contributed by atoms with E-state index < -0.39 is 11.9 Å². The van der Waals surface area contributed by atoms with E-state index in [0.29, 0.717) is 47.0 Å². The van der Waals surface area contributed by atoms with Gasteiger partial charge in [-0.05, 0) is 66.3 Å². The largest absolute Gasteiger partial charge is 0.493 e. The van der Waals surface area contributed by atoms with Crippen LogP contribution in [0.4, 0.5) is 4.39 Å². The van der Waals surface area contributed by atoms with Gasteiger partial charge in [-0.1, -0.05) is 49.4 Å². The number of halogens is 1. The van der Waals surface area contributed by atoms with E-state index in [9.17, 15) is 14.0 Å². The summed E-state index contributed by atoms with van der Waals surface area (Å²) < 4.78 is 26.2. The predicted octanol–water partition coefficient (Wildman–Crippen LogP) is 4.56. The van der Waals surface area contributed by atoms with Crippen LogP contribution in [0.5, 0.6) is 11.5 Å². The van der Waals surface area contributed by atoms with Gasteiger partial charge >= 0.3 is 0 Å². The quantitative estimate of drug-likeness (QED) is 0.257. The molecule has 216 valence electrons. The second kappa shape index (κ2) is 13.7. The number of aromatic nitrogens is 3. The Morgan fingerprint density at radius 2 is 1.73 bits per heavy atom. The first-order chi connectivity index (χ1) is 19.8. The highest BCUT2D eigenvalue weighted by molar-refractivity contribution is 5.89. The van der Waals surface area contributed by atoms with Crippen molar-refractivity contribution in [3.8, 4) is 11.5 Å². The van der Waals surface area contributed by atoms with Gasteiger partial charge in [0, 0.05) is 13.1 Å². The number of carbonyl (C=O) groups excluding carboxylic acids is 2. The van der Waals surface area contributed by atoms with Crippen molar-refractivity contribution in [1.82, 2.24) is 25.2 Å². The zero-order valence-electron chi connectivity index (χ0n) is 23.8. The molecule has 0 fully saturated rings. The zero-order valence-corrected chi connectivity index (χ0v) is 23.8. The summed E-state index contributed by atoms with van der Waals surface area (Å²) in [6, 6.07) is 17.6. The number of fused-ring (bicyclic) bond motifs is 1. The summed E-state index contributed by atoms with van der Waals surface area (Å²) in [7, 11) is 3.13. The molecule has 0 aliphatic rings. The van der Waals surface area contributed by atoms with Crippen molar-refractivity contribution < 1.29 is 23.5 Å². The Hall–Kier alpha value is -4.47. The van der Waals surface area contributed by atoms with Gasteiger partial charge in [0.15, 0.2) is 11.5 Å². The molecule has 9 nitrogen and oxygen atoms in total. The predicted molar refractivity (Wildman–Crippen MR) is 154 cm³/mol. The molecule has 2 amide bonds. The normalized spacial score (nSPS) is 11.9. The number of para-hydroxylation sites is 1. The lowest BCUT2D eigenvalue weighted by Crippen LogP contribution is -2.46. The summed E-state index contributed by atoms with van der Waals surface area (Å²) in [6.07, 6.45) is 1.22. The molecule has 1 unspecified atom stereocenters. The number of amides is 2. The van der Waals surface area contributed by atoms with Crippen molar-refractivity contribution in [3.63, 3.8) is 0 Å². The van der Waals surface area contributed by atoms with Crippen LogP contribution in [0.3, 0.4) is 0 Å². The van der Waals surface area contributed by atoms with Crippen LogP contribution in [0.1, 0.15) is 37.4 Å². The van der Waals surface area contributed by atoms with E-state index in [2.05, 4.69) is 29.5 Å². The molecule has 0 bridgehead atoms. The van der Waals surface area contributed by atoms with E-state index >= 15 is 0 Å². The summed E-state index contributed by atoms with van der Waals surface area (Å²) in [6.45, 7) is 4.69. The third-order valence-corrected chi connectivity index (χ3v) is 6.88. The molecule has 4 rings (SSSR count). The molecule has 4 aromatic rings. The monoisotopic (exact) mass is 561 g/mol. The van der Waals surface area contributed by atoms with E-state index in [0.717, 1.165) is 12.0 Å². The van der Waals surface area contributed by atoms with Gasteiger partial charge in [0.1, 0.15) is 23.9 Å². The van der Waals surface area contributed by atoms with Gasteiger partial charge < -0.3 is 19.7 Å². The molecule has 0 aliphatic heterocycles. The molecule has 10 heteroatoms. The number of hydrogen-bond acceptors (Lipinski definition) is 6. The Labute approximate surface area is 239 Å². The van der Waals surface area contributed by atoms with E-state index in [-0.39, 0.29) is 24.9 Å². The van der Waals surface area contributed by atoms with Crippen molar-refractivity contribution >= 4 is 22.8 Å². The van der Waals surface area contributed by atoms with Gasteiger partial charge in [-0.15, -0.1) is 5.10 Å². The molecule has 0 saturated heterocycles. The maximum atomic E-state index is 14.0. The van der Waals surface area contributed by atoms with Crippen molar-refractivity contribution in [2.45, 2.75) is 39.3 Å². The van der Waals surface area contributed by atoms with Gasteiger partial charge in [0.05, 0.1) is 19.7 Å².